The second-order valence-corrected chi connectivity index (χ2v) is 7.04. The van der Waals surface area contributed by atoms with Gasteiger partial charge in [0.2, 0.25) is 0 Å². The highest BCUT2D eigenvalue weighted by Crippen LogP contribution is 2.34. The van der Waals surface area contributed by atoms with Crippen LogP contribution in [0.15, 0.2) is 67.0 Å². The Labute approximate surface area is 159 Å². The molecule has 5 nitrogen and oxygen atoms in total. The van der Waals surface area contributed by atoms with Crippen molar-refractivity contribution in [1.29, 1.82) is 0 Å². The van der Waals surface area contributed by atoms with Crippen LogP contribution in [-0.2, 0) is 6.54 Å². The molecule has 1 aliphatic heterocycles. The molecule has 1 N–H and O–H groups in total. The van der Waals surface area contributed by atoms with Crippen LogP contribution in [0, 0.1) is 6.92 Å². The van der Waals surface area contributed by atoms with E-state index in [2.05, 4.69) is 35.5 Å². The molecule has 2 aromatic carbocycles. The largest absolute Gasteiger partial charge is 0.322 e. The van der Waals surface area contributed by atoms with Crippen LogP contribution in [0.1, 0.15) is 35.6 Å². The van der Waals surface area contributed by atoms with Gasteiger partial charge in [0.1, 0.15) is 0 Å². The molecular weight excluding hydrogens is 336 g/mol. The van der Waals surface area contributed by atoms with Crippen LogP contribution < -0.4 is 5.32 Å². The number of benzene rings is 2. The highest BCUT2D eigenvalue weighted by Gasteiger charge is 2.30. The first-order chi connectivity index (χ1) is 13.2. The lowest BCUT2D eigenvalue weighted by molar-refractivity contribution is 0.207. The molecule has 2 amide bonds. The summed E-state index contributed by atoms with van der Waals surface area (Å²) in [6.45, 7) is 3.59. The van der Waals surface area contributed by atoms with Gasteiger partial charge in [0.15, 0.2) is 0 Å². The Morgan fingerprint density at radius 1 is 1.19 bits per heavy atom. The molecule has 0 unspecified atom stereocenters. The fourth-order valence-electron chi connectivity index (χ4n) is 3.82. The molecule has 2 heterocycles. The van der Waals surface area contributed by atoms with E-state index in [0.717, 1.165) is 30.6 Å². The number of aromatic nitrogens is 2. The summed E-state index contributed by atoms with van der Waals surface area (Å²) >= 11 is 0. The summed E-state index contributed by atoms with van der Waals surface area (Å²) in [5.41, 5.74) is 4.41. The molecule has 0 spiro atoms. The maximum Gasteiger partial charge on any atom is 0.322 e. The number of hydrogen-bond acceptors (Lipinski definition) is 2. The topological polar surface area (TPSA) is 50.2 Å². The lowest BCUT2D eigenvalue weighted by atomic mass is 9.99. The highest BCUT2D eigenvalue weighted by atomic mass is 16.2. The van der Waals surface area contributed by atoms with Crippen LogP contribution in [0.4, 0.5) is 10.5 Å². The molecule has 0 saturated carbocycles. The van der Waals surface area contributed by atoms with Crippen LogP contribution in [-0.4, -0.2) is 27.3 Å². The summed E-state index contributed by atoms with van der Waals surface area (Å²) in [6, 6.07) is 18.3. The van der Waals surface area contributed by atoms with Crippen molar-refractivity contribution in [3.8, 4) is 0 Å². The van der Waals surface area contributed by atoms with Crippen molar-refractivity contribution in [2.75, 3.05) is 11.9 Å². The predicted molar refractivity (Wildman–Crippen MR) is 107 cm³/mol. The first-order valence-corrected chi connectivity index (χ1v) is 9.40. The van der Waals surface area contributed by atoms with Crippen molar-refractivity contribution in [2.45, 2.75) is 32.4 Å². The zero-order chi connectivity index (χ0) is 18.6. The number of nitrogens with zero attached hydrogens (tertiary/aromatic N) is 3. The fourth-order valence-corrected chi connectivity index (χ4v) is 3.82. The van der Waals surface area contributed by atoms with E-state index in [1.54, 1.807) is 6.20 Å². The molecule has 27 heavy (non-hydrogen) atoms. The van der Waals surface area contributed by atoms with E-state index < -0.39 is 0 Å². The minimum absolute atomic E-state index is 0.0306. The van der Waals surface area contributed by atoms with Crippen LogP contribution in [0.5, 0.6) is 0 Å². The molecule has 0 radical (unpaired) electrons. The number of carbonyl (C=O) groups is 1. The van der Waals surface area contributed by atoms with Gasteiger partial charge in [0.05, 0.1) is 12.6 Å². The van der Waals surface area contributed by atoms with Crippen molar-refractivity contribution in [2.24, 2.45) is 0 Å². The van der Waals surface area contributed by atoms with Crippen LogP contribution >= 0.6 is 0 Å². The third kappa shape index (κ3) is 3.87. The minimum atomic E-state index is -0.0306. The summed E-state index contributed by atoms with van der Waals surface area (Å²) in [4.78, 5) is 14.9. The fraction of sp³-hybridized carbons (Fsp3) is 0.273. The zero-order valence-corrected chi connectivity index (χ0v) is 15.5. The number of nitrogens with one attached hydrogen (secondary N) is 1. The molecule has 1 saturated heterocycles. The van der Waals surface area contributed by atoms with E-state index in [9.17, 15) is 4.79 Å². The smallest absolute Gasteiger partial charge is 0.317 e. The summed E-state index contributed by atoms with van der Waals surface area (Å²) in [7, 11) is 0. The zero-order valence-electron chi connectivity index (χ0n) is 15.5. The molecule has 1 aromatic heterocycles. The minimum Gasteiger partial charge on any atom is -0.317 e. The first kappa shape index (κ1) is 17.3. The van der Waals surface area contributed by atoms with Gasteiger partial charge in [-0.1, -0.05) is 36.4 Å². The van der Waals surface area contributed by atoms with Crippen molar-refractivity contribution in [1.82, 2.24) is 14.7 Å². The van der Waals surface area contributed by atoms with E-state index >= 15 is 0 Å². The number of rotatable bonds is 4. The molecule has 1 fully saturated rings. The van der Waals surface area contributed by atoms with E-state index in [-0.39, 0.29) is 12.1 Å². The van der Waals surface area contributed by atoms with Gasteiger partial charge >= 0.3 is 6.03 Å². The van der Waals surface area contributed by atoms with Gasteiger partial charge in [-0.15, -0.1) is 0 Å². The number of anilines is 1. The van der Waals surface area contributed by atoms with E-state index in [0.29, 0.717) is 6.54 Å². The first-order valence-electron chi connectivity index (χ1n) is 9.40. The third-order valence-electron chi connectivity index (χ3n) is 5.14. The maximum absolute atomic E-state index is 12.9. The maximum atomic E-state index is 12.9. The summed E-state index contributed by atoms with van der Waals surface area (Å²) < 4.78 is 1.87. The summed E-state index contributed by atoms with van der Waals surface area (Å²) in [6.07, 6.45) is 5.75. The Morgan fingerprint density at radius 3 is 2.89 bits per heavy atom. The molecule has 1 aliphatic rings. The van der Waals surface area contributed by atoms with Gasteiger partial charge in [0, 0.05) is 24.6 Å². The average molecular weight is 360 g/mol. The normalized spacial score (nSPS) is 16.5. The Bertz CT molecular complexity index is 920. The van der Waals surface area contributed by atoms with Gasteiger partial charge in [-0.3, -0.25) is 4.68 Å². The molecule has 0 bridgehead atoms. The Kier molecular flexibility index (Phi) is 4.92. The molecular formula is C22H24N4O. The molecule has 3 aromatic rings. The SMILES string of the molecule is Cc1ccccc1[C@@H]1CCCN1C(=O)Nc1cccc(Cn2cccn2)c1. The number of carbonyl (C=O) groups excluding carboxylic acids is 1. The quantitative estimate of drug-likeness (QED) is 0.739. The van der Waals surface area contributed by atoms with Crippen molar-refractivity contribution < 1.29 is 4.79 Å². The van der Waals surface area contributed by atoms with E-state index in [1.165, 1.54) is 11.1 Å². The molecule has 5 heteroatoms. The number of hydrogen-bond donors (Lipinski definition) is 1. The molecule has 1 atom stereocenters. The Morgan fingerprint density at radius 2 is 2.07 bits per heavy atom. The summed E-state index contributed by atoms with van der Waals surface area (Å²) in [5.74, 6) is 0. The lowest BCUT2D eigenvalue weighted by Crippen LogP contribution is -2.34. The second-order valence-electron chi connectivity index (χ2n) is 7.04. The van der Waals surface area contributed by atoms with Crippen LogP contribution in [0.25, 0.3) is 0 Å². The van der Waals surface area contributed by atoms with Gasteiger partial charge in [-0.2, -0.15) is 5.10 Å². The summed E-state index contributed by atoms with van der Waals surface area (Å²) in [5, 5.41) is 7.32. The van der Waals surface area contributed by atoms with E-state index in [1.807, 2.05) is 52.2 Å². The lowest BCUT2D eigenvalue weighted by Gasteiger charge is -2.26. The Balaban J connectivity index is 1.48. The van der Waals surface area contributed by atoms with Gasteiger partial charge < -0.3 is 10.2 Å². The average Bonchev–Trinajstić information content (AvgIpc) is 3.34. The number of urea groups is 1. The van der Waals surface area contributed by atoms with Gasteiger partial charge in [0.25, 0.3) is 0 Å². The monoisotopic (exact) mass is 360 g/mol. The predicted octanol–water partition coefficient (Wildman–Crippen LogP) is 4.61. The Hall–Kier alpha value is -3.08. The molecule has 138 valence electrons. The van der Waals surface area contributed by atoms with E-state index in [4.69, 9.17) is 0 Å². The highest BCUT2D eigenvalue weighted by molar-refractivity contribution is 5.90. The second kappa shape index (κ2) is 7.66. The van der Waals surface area contributed by atoms with Crippen LogP contribution in [0.3, 0.4) is 0 Å². The third-order valence-corrected chi connectivity index (χ3v) is 5.14. The van der Waals surface area contributed by atoms with Gasteiger partial charge in [-0.25, -0.2) is 4.79 Å². The standard InChI is InChI=1S/C22H24N4O/c1-17-7-2-3-10-20(17)21-11-5-14-26(21)22(27)24-19-9-4-8-18(15-19)16-25-13-6-12-23-25/h2-4,6-10,12-13,15,21H,5,11,14,16H2,1H3,(H,24,27)/t21-/m0/s1. The van der Waals surface area contributed by atoms with Gasteiger partial charge in [-0.05, 0) is 54.7 Å². The molecule has 0 aliphatic carbocycles. The number of aryl methyl sites for hydroxylation is 1. The molecule has 4 rings (SSSR count). The van der Waals surface area contributed by atoms with Crippen LogP contribution in [0.2, 0.25) is 0 Å². The number of likely N-dealkylation sites (tertiary alicyclic amines) is 1. The number of amides is 2. The van der Waals surface area contributed by atoms with Crippen molar-refractivity contribution in [3.63, 3.8) is 0 Å². The van der Waals surface area contributed by atoms with Crippen molar-refractivity contribution in [3.05, 3.63) is 83.7 Å². The van der Waals surface area contributed by atoms with Crippen molar-refractivity contribution >= 4 is 11.7 Å².